The third-order valence-electron chi connectivity index (χ3n) is 12.7. The van der Waals surface area contributed by atoms with Crippen LogP contribution in [-0.4, -0.2) is 14.5 Å². The Morgan fingerprint density at radius 3 is 1.90 bits per heavy atom. The molecule has 0 aliphatic heterocycles. The molecule has 0 spiro atoms. The molecule has 0 fully saturated rings. The Bertz CT molecular complexity index is 4180. The first-order valence-electron chi connectivity index (χ1n) is 20.6. The van der Waals surface area contributed by atoms with Crippen molar-refractivity contribution in [2.24, 2.45) is 0 Å². The number of thiophene rings is 1. The van der Waals surface area contributed by atoms with Crippen molar-refractivity contribution in [3.63, 3.8) is 0 Å². The van der Waals surface area contributed by atoms with E-state index in [1.165, 1.54) is 31.1 Å². The van der Waals surface area contributed by atoms with Crippen LogP contribution in [0.2, 0.25) is 0 Å². The summed E-state index contributed by atoms with van der Waals surface area (Å²) in [5.41, 5.74) is 9.61. The Hall–Kier alpha value is -7.86. The third-order valence-corrected chi connectivity index (χ3v) is 13.9. The van der Waals surface area contributed by atoms with E-state index in [1.807, 2.05) is 11.3 Å². The molecule has 282 valence electrons. The summed E-state index contributed by atoms with van der Waals surface area (Å²) in [6.45, 7) is 0. The summed E-state index contributed by atoms with van der Waals surface area (Å²) in [5, 5.41) is 13.8. The van der Waals surface area contributed by atoms with Crippen LogP contribution in [0.4, 0.5) is 0 Å². The number of hydrogen-bond donors (Lipinski definition) is 0. The Labute approximate surface area is 352 Å². The molecule has 0 N–H and O–H groups in total. The Morgan fingerprint density at radius 1 is 0.410 bits per heavy atom. The smallest absolute Gasteiger partial charge is 0.165 e. The summed E-state index contributed by atoms with van der Waals surface area (Å²) in [5.74, 6) is 0.761. The van der Waals surface area contributed by atoms with Crippen molar-refractivity contribution in [3.05, 3.63) is 188 Å². The average molecular weight is 794 g/mol. The van der Waals surface area contributed by atoms with Crippen LogP contribution in [0.25, 0.3) is 135 Å². The lowest BCUT2D eigenvalue weighted by Gasteiger charge is -2.15. The predicted molar refractivity (Wildman–Crippen MR) is 257 cm³/mol. The molecule has 0 atom stereocenters. The fourth-order valence-corrected chi connectivity index (χ4v) is 11.1. The molecular weight excluding hydrogens is 763 g/mol. The fourth-order valence-electron chi connectivity index (χ4n) is 9.99. The van der Waals surface area contributed by atoms with E-state index in [4.69, 9.17) is 14.4 Å². The van der Waals surface area contributed by atoms with Crippen LogP contribution in [0, 0.1) is 0 Å². The van der Waals surface area contributed by atoms with Crippen LogP contribution in [-0.2, 0) is 0 Å². The molecule has 4 nitrogen and oxygen atoms in total. The zero-order valence-electron chi connectivity index (χ0n) is 32.6. The molecule has 14 rings (SSSR count). The van der Waals surface area contributed by atoms with Gasteiger partial charge in [-0.25, -0.2) is 9.97 Å². The Balaban J connectivity index is 1.18. The van der Waals surface area contributed by atoms with Gasteiger partial charge in [0.25, 0.3) is 0 Å². The summed E-state index contributed by atoms with van der Waals surface area (Å²) in [6.07, 6.45) is 0. The first-order valence-corrected chi connectivity index (χ1v) is 21.5. The molecule has 14 aromatic rings. The lowest BCUT2D eigenvalue weighted by molar-refractivity contribution is 0.675. The zero-order chi connectivity index (χ0) is 39.8. The van der Waals surface area contributed by atoms with E-state index in [0.29, 0.717) is 0 Å². The molecule has 0 unspecified atom stereocenters. The molecule has 0 saturated heterocycles. The van der Waals surface area contributed by atoms with E-state index in [1.54, 1.807) is 0 Å². The highest BCUT2D eigenvalue weighted by Gasteiger charge is 2.27. The van der Waals surface area contributed by atoms with Gasteiger partial charge in [0.05, 0.1) is 22.1 Å². The van der Waals surface area contributed by atoms with Crippen LogP contribution in [0.1, 0.15) is 0 Å². The van der Waals surface area contributed by atoms with Crippen LogP contribution < -0.4 is 0 Å². The summed E-state index contributed by atoms with van der Waals surface area (Å²) in [6, 6.07) is 67.5. The minimum atomic E-state index is 0.761. The van der Waals surface area contributed by atoms with Gasteiger partial charge in [-0.15, -0.1) is 11.3 Å². The Morgan fingerprint density at radius 2 is 1.05 bits per heavy atom. The van der Waals surface area contributed by atoms with Gasteiger partial charge in [0, 0.05) is 58.1 Å². The van der Waals surface area contributed by atoms with Crippen LogP contribution in [0.15, 0.2) is 192 Å². The minimum absolute atomic E-state index is 0.761. The normalized spacial score (nSPS) is 12.3. The number of aromatic nitrogens is 3. The molecule has 0 radical (unpaired) electrons. The molecule has 0 saturated carbocycles. The summed E-state index contributed by atoms with van der Waals surface area (Å²) >= 11 is 1.85. The van der Waals surface area contributed by atoms with Gasteiger partial charge in [-0.3, -0.25) is 4.57 Å². The highest BCUT2D eigenvalue weighted by Crippen LogP contribution is 2.48. The zero-order valence-corrected chi connectivity index (χ0v) is 33.4. The Kier molecular flexibility index (Phi) is 6.68. The van der Waals surface area contributed by atoms with Crippen LogP contribution in [0.5, 0.6) is 0 Å². The maximum absolute atomic E-state index is 7.31. The summed E-state index contributed by atoms with van der Waals surface area (Å²) in [4.78, 5) is 11.2. The highest BCUT2D eigenvalue weighted by molar-refractivity contribution is 7.25. The van der Waals surface area contributed by atoms with Crippen LogP contribution >= 0.6 is 11.3 Å². The largest absolute Gasteiger partial charge is 0.453 e. The van der Waals surface area contributed by atoms with E-state index < -0.39 is 0 Å². The lowest BCUT2D eigenvalue weighted by Crippen LogP contribution is -2.04. The van der Waals surface area contributed by atoms with Crippen molar-refractivity contribution in [2.75, 3.05) is 0 Å². The molecule has 0 bridgehead atoms. The molecular formula is C56H31N3OS. The van der Waals surface area contributed by atoms with E-state index in [2.05, 4.69) is 193 Å². The van der Waals surface area contributed by atoms with Gasteiger partial charge in [-0.05, 0) is 69.1 Å². The van der Waals surface area contributed by atoms with E-state index >= 15 is 0 Å². The molecule has 61 heavy (non-hydrogen) atoms. The fraction of sp³-hybridized carbons (Fsp3) is 0. The number of nitrogens with zero attached hydrogens (tertiary/aromatic N) is 3. The van der Waals surface area contributed by atoms with Crippen molar-refractivity contribution in [2.45, 2.75) is 0 Å². The van der Waals surface area contributed by atoms with Gasteiger partial charge >= 0.3 is 0 Å². The van der Waals surface area contributed by atoms with Crippen molar-refractivity contribution in [1.29, 1.82) is 0 Å². The van der Waals surface area contributed by atoms with Gasteiger partial charge in [-0.1, -0.05) is 152 Å². The number of furan rings is 1. The first kappa shape index (κ1) is 33.0. The van der Waals surface area contributed by atoms with Crippen molar-refractivity contribution in [3.8, 4) is 28.2 Å². The van der Waals surface area contributed by atoms with Crippen molar-refractivity contribution in [1.82, 2.24) is 14.5 Å². The number of fused-ring (bicyclic) bond motifs is 18. The van der Waals surface area contributed by atoms with Gasteiger partial charge in [0.15, 0.2) is 11.4 Å². The van der Waals surface area contributed by atoms with E-state index in [0.717, 1.165) is 104 Å². The van der Waals surface area contributed by atoms with Gasteiger partial charge in [0.2, 0.25) is 0 Å². The van der Waals surface area contributed by atoms with Gasteiger partial charge < -0.3 is 4.42 Å². The van der Waals surface area contributed by atoms with E-state index in [9.17, 15) is 0 Å². The summed E-state index contributed by atoms with van der Waals surface area (Å²) in [7, 11) is 0. The standard InChI is InChI=1S/C56H31N3OS/c1-2-14-34(15-3-1)51-56(58-52-37-16-6-4-12-32(37)24-28-45(52)57-51)59-46-29-25-35(36-23-26-40-39-18-10-11-21-47(39)61-48(40)31-36)30-44(46)49-41-19-8-9-20-42(41)50-43-27-22-33-13-5-7-17-38(33)54(43)60-55(50)53(49)59/h1-31H. The number of rotatable bonds is 3. The molecule has 10 aromatic carbocycles. The minimum Gasteiger partial charge on any atom is -0.453 e. The van der Waals surface area contributed by atoms with Gasteiger partial charge in [0.1, 0.15) is 11.3 Å². The predicted octanol–water partition coefficient (Wildman–Crippen LogP) is 15.8. The second-order valence-corrected chi connectivity index (χ2v) is 17.1. The molecule has 0 amide bonds. The molecule has 0 aliphatic carbocycles. The average Bonchev–Trinajstić information content (AvgIpc) is 4.01. The highest BCUT2D eigenvalue weighted by atomic mass is 32.1. The quantitative estimate of drug-likeness (QED) is 0.167. The summed E-state index contributed by atoms with van der Waals surface area (Å²) < 4.78 is 12.2. The lowest BCUT2D eigenvalue weighted by atomic mass is 9.96. The SMILES string of the molecule is c1ccc(-c2nc3ccc4ccccc4c3nc2-n2c3ccc(-c4ccc5c(c4)sc4ccccc45)cc3c3c4ccccc4c4c5ccc6ccccc6c5oc4c32)cc1. The molecule has 0 aliphatic rings. The topological polar surface area (TPSA) is 43.9 Å². The van der Waals surface area contributed by atoms with Gasteiger partial charge in [-0.2, -0.15) is 0 Å². The molecule has 4 aromatic heterocycles. The second kappa shape index (κ2) is 12.3. The maximum atomic E-state index is 7.31. The molecule has 5 heteroatoms. The monoisotopic (exact) mass is 793 g/mol. The van der Waals surface area contributed by atoms with Crippen molar-refractivity contribution < 1.29 is 4.42 Å². The second-order valence-electron chi connectivity index (χ2n) is 16.0. The first-order chi connectivity index (χ1) is 30.2. The third kappa shape index (κ3) is 4.64. The molecule has 4 heterocycles. The van der Waals surface area contributed by atoms with Crippen molar-refractivity contribution >= 4 is 119 Å². The van der Waals surface area contributed by atoms with Crippen LogP contribution in [0.3, 0.4) is 0 Å². The number of benzene rings is 10. The maximum Gasteiger partial charge on any atom is 0.165 e. The van der Waals surface area contributed by atoms with E-state index in [-0.39, 0.29) is 0 Å². The number of hydrogen-bond acceptors (Lipinski definition) is 4.